The molecule has 21 heavy (non-hydrogen) atoms. The summed E-state index contributed by atoms with van der Waals surface area (Å²) in [5.74, 6) is 0.434. The molecule has 0 aromatic rings. The lowest BCUT2D eigenvalue weighted by molar-refractivity contribution is 0.229. The van der Waals surface area contributed by atoms with E-state index in [1.54, 1.807) is 8.61 Å². The summed E-state index contributed by atoms with van der Waals surface area (Å²) in [6.45, 7) is 6.66. The lowest BCUT2D eigenvalue weighted by Gasteiger charge is -2.37. The number of piperidine rings is 1. The predicted molar refractivity (Wildman–Crippen MR) is 85.4 cm³/mol. The van der Waals surface area contributed by atoms with Gasteiger partial charge in [0.15, 0.2) is 0 Å². The summed E-state index contributed by atoms with van der Waals surface area (Å²) in [7, 11) is 0.677. The standard InChI is InChI=1S/C14H30N4O2S/c1-13-11-16(3)7-5-9-18(13)21(19,20)17-8-4-6-14(12-17)10-15-2/h13-15H,4-12H2,1-3H3. The Morgan fingerprint density at radius 3 is 2.62 bits per heavy atom. The first kappa shape index (κ1) is 17.1. The van der Waals surface area contributed by atoms with Gasteiger partial charge in [0.05, 0.1) is 0 Å². The molecule has 2 aliphatic rings. The molecule has 2 rings (SSSR count). The highest BCUT2D eigenvalue weighted by Crippen LogP contribution is 2.23. The number of hydrogen-bond donors (Lipinski definition) is 1. The molecule has 2 saturated heterocycles. The summed E-state index contributed by atoms with van der Waals surface area (Å²) in [4.78, 5) is 2.22. The van der Waals surface area contributed by atoms with Gasteiger partial charge in [0.1, 0.15) is 0 Å². The lowest BCUT2D eigenvalue weighted by atomic mass is 10.00. The minimum atomic E-state index is -3.32. The average molecular weight is 318 g/mol. The van der Waals surface area contributed by atoms with Crippen molar-refractivity contribution in [3.63, 3.8) is 0 Å². The molecule has 1 N–H and O–H groups in total. The second kappa shape index (κ2) is 7.37. The second-order valence-corrected chi connectivity index (χ2v) is 8.39. The highest BCUT2D eigenvalue weighted by Gasteiger charge is 2.36. The Morgan fingerprint density at radius 1 is 1.14 bits per heavy atom. The largest absolute Gasteiger partial charge is 0.319 e. The van der Waals surface area contributed by atoms with Crippen LogP contribution in [0.5, 0.6) is 0 Å². The fourth-order valence-electron chi connectivity index (χ4n) is 3.53. The van der Waals surface area contributed by atoms with Crippen molar-refractivity contribution in [2.75, 3.05) is 53.4 Å². The normalized spacial score (nSPS) is 31.2. The zero-order valence-electron chi connectivity index (χ0n) is 13.6. The van der Waals surface area contributed by atoms with E-state index < -0.39 is 10.2 Å². The summed E-state index contributed by atoms with van der Waals surface area (Å²) in [6.07, 6.45) is 2.99. The average Bonchev–Trinajstić information content (AvgIpc) is 2.60. The Kier molecular flexibility index (Phi) is 6.02. The van der Waals surface area contributed by atoms with Crippen LogP contribution >= 0.6 is 0 Å². The molecule has 0 radical (unpaired) electrons. The fraction of sp³-hybridized carbons (Fsp3) is 1.00. The summed E-state index contributed by atoms with van der Waals surface area (Å²) >= 11 is 0. The molecule has 2 fully saturated rings. The summed E-state index contributed by atoms with van der Waals surface area (Å²) in [6, 6.07) is 0.0483. The Balaban J connectivity index is 2.09. The first-order valence-electron chi connectivity index (χ1n) is 8.05. The first-order valence-corrected chi connectivity index (χ1v) is 9.45. The van der Waals surface area contributed by atoms with E-state index in [2.05, 4.69) is 17.3 Å². The Hall–Kier alpha value is -0.210. The van der Waals surface area contributed by atoms with Crippen LogP contribution in [0.2, 0.25) is 0 Å². The van der Waals surface area contributed by atoms with Gasteiger partial charge in [-0.15, -0.1) is 0 Å². The van der Waals surface area contributed by atoms with E-state index in [0.29, 0.717) is 25.6 Å². The highest BCUT2D eigenvalue weighted by atomic mass is 32.2. The lowest BCUT2D eigenvalue weighted by Crippen LogP contribution is -2.52. The van der Waals surface area contributed by atoms with Gasteiger partial charge in [0.2, 0.25) is 0 Å². The minimum absolute atomic E-state index is 0.0483. The van der Waals surface area contributed by atoms with Gasteiger partial charge in [-0.2, -0.15) is 17.0 Å². The number of nitrogens with zero attached hydrogens (tertiary/aromatic N) is 3. The molecule has 2 aliphatic heterocycles. The van der Waals surface area contributed by atoms with Crippen molar-refractivity contribution < 1.29 is 8.42 Å². The van der Waals surface area contributed by atoms with Crippen molar-refractivity contribution in [3.8, 4) is 0 Å². The fourth-order valence-corrected chi connectivity index (χ4v) is 5.47. The van der Waals surface area contributed by atoms with Gasteiger partial charge in [0, 0.05) is 32.2 Å². The van der Waals surface area contributed by atoms with Crippen molar-refractivity contribution >= 4 is 10.2 Å². The maximum atomic E-state index is 13.0. The molecule has 0 amide bonds. The van der Waals surface area contributed by atoms with E-state index in [4.69, 9.17) is 0 Å². The number of hydrogen-bond acceptors (Lipinski definition) is 4. The molecule has 0 aromatic carbocycles. The van der Waals surface area contributed by atoms with Crippen molar-refractivity contribution in [1.29, 1.82) is 0 Å². The van der Waals surface area contributed by atoms with Gasteiger partial charge >= 0.3 is 0 Å². The molecular formula is C14H30N4O2S. The molecule has 2 unspecified atom stereocenters. The third kappa shape index (κ3) is 4.16. The van der Waals surface area contributed by atoms with Crippen LogP contribution in [-0.4, -0.2) is 81.3 Å². The van der Waals surface area contributed by atoms with Crippen LogP contribution < -0.4 is 5.32 Å². The maximum absolute atomic E-state index is 13.0. The molecule has 2 heterocycles. The van der Waals surface area contributed by atoms with Crippen LogP contribution in [0.15, 0.2) is 0 Å². The van der Waals surface area contributed by atoms with Gasteiger partial charge in [-0.05, 0) is 59.3 Å². The van der Waals surface area contributed by atoms with E-state index >= 15 is 0 Å². The van der Waals surface area contributed by atoms with Gasteiger partial charge in [-0.1, -0.05) is 0 Å². The van der Waals surface area contributed by atoms with Crippen LogP contribution in [0.25, 0.3) is 0 Å². The maximum Gasteiger partial charge on any atom is 0.282 e. The third-order valence-corrected chi connectivity index (χ3v) is 6.70. The van der Waals surface area contributed by atoms with Gasteiger partial charge < -0.3 is 10.2 Å². The monoisotopic (exact) mass is 318 g/mol. The van der Waals surface area contributed by atoms with Crippen LogP contribution in [0.4, 0.5) is 0 Å². The van der Waals surface area contributed by atoms with Crippen molar-refractivity contribution in [1.82, 2.24) is 18.8 Å². The van der Waals surface area contributed by atoms with Crippen LogP contribution in [0, 0.1) is 5.92 Å². The van der Waals surface area contributed by atoms with Crippen LogP contribution in [0.3, 0.4) is 0 Å². The molecule has 0 bridgehead atoms. The Morgan fingerprint density at radius 2 is 1.90 bits per heavy atom. The quantitative estimate of drug-likeness (QED) is 0.804. The summed E-state index contributed by atoms with van der Waals surface area (Å²) < 4.78 is 29.4. The topological polar surface area (TPSA) is 55.9 Å². The Labute approximate surface area is 129 Å². The molecule has 7 heteroatoms. The third-order valence-electron chi connectivity index (χ3n) is 4.58. The van der Waals surface area contributed by atoms with E-state index in [1.807, 2.05) is 14.0 Å². The minimum Gasteiger partial charge on any atom is -0.319 e. The highest BCUT2D eigenvalue weighted by molar-refractivity contribution is 7.86. The van der Waals surface area contributed by atoms with Crippen molar-refractivity contribution in [3.05, 3.63) is 0 Å². The molecule has 0 spiro atoms. The molecule has 124 valence electrons. The van der Waals surface area contributed by atoms with E-state index in [0.717, 1.165) is 38.9 Å². The molecular weight excluding hydrogens is 288 g/mol. The summed E-state index contributed by atoms with van der Waals surface area (Å²) in [5.41, 5.74) is 0. The second-order valence-electron chi connectivity index (χ2n) is 6.51. The molecule has 0 aliphatic carbocycles. The Bertz CT molecular complexity index is 427. The van der Waals surface area contributed by atoms with E-state index in [9.17, 15) is 8.42 Å². The van der Waals surface area contributed by atoms with E-state index in [-0.39, 0.29) is 6.04 Å². The first-order chi connectivity index (χ1) is 9.95. The van der Waals surface area contributed by atoms with Gasteiger partial charge in [0.25, 0.3) is 10.2 Å². The molecule has 6 nitrogen and oxygen atoms in total. The predicted octanol–water partition coefficient (Wildman–Crippen LogP) is 0.189. The summed E-state index contributed by atoms with van der Waals surface area (Å²) in [5, 5.41) is 3.17. The van der Waals surface area contributed by atoms with E-state index in [1.165, 1.54) is 0 Å². The van der Waals surface area contributed by atoms with Gasteiger partial charge in [-0.25, -0.2) is 0 Å². The molecule has 0 saturated carbocycles. The van der Waals surface area contributed by atoms with Gasteiger partial charge in [-0.3, -0.25) is 0 Å². The van der Waals surface area contributed by atoms with Crippen LogP contribution in [0.1, 0.15) is 26.2 Å². The zero-order valence-corrected chi connectivity index (χ0v) is 14.4. The number of nitrogens with one attached hydrogen (secondary N) is 1. The van der Waals surface area contributed by atoms with Crippen LogP contribution in [-0.2, 0) is 10.2 Å². The number of rotatable bonds is 4. The zero-order chi connectivity index (χ0) is 15.5. The molecule has 2 atom stereocenters. The van der Waals surface area contributed by atoms with Crippen molar-refractivity contribution in [2.24, 2.45) is 5.92 Å². The SMILES string of the molecule is CNCC1CCCN(S(=O)(=O)N2CCCN(C)CC2C)C1. The number of likely N-dealkylation sites (N-methyl/N-ethyl adjacent to an activating group) is 1. The smallest absolute Gasteiger partial charge is 0.282 e. The molecule has 0 aromatic heterocycles. The van der Waals surface area contributed by atoms with Crippen molar-refractivity contribution in [2.45, 2.75) is 32.2 Å².